The van der Waals surface area contributed by atoms with Crippen LogP contribution in [0, 0.1) is 0 Å². The molecule has 2 aromatic heterocycles. The van der Waals surface area contributed by atoms with E-state index in [1.165, 1.54) is 0 Å². The topological polar surface area (TPSA) is 81.1 Å². The number of ether oxygens (including phenoxy) is 1. The van der Waals surface area contributed by atoms with Gasteiger partial charge in [-0.3, -0.25) is 14.5 Å². The number of aromatic nitrogens is 3. The molecule has 3 aromatic rings. The van der Waals surface area contributed by atoms with E-state index in [4.69, 9.17) is 4.74 Å². The van der Waals surface area contributed by atoms with E-state index >= 15 is 0 Å². The van der Waals surface area contributed by atoms with E-state index in [2.05, 4.69) is 20.7 Å². The normalized spacial score (nSPS) is 16.8. The van der Waals surface area contributed by atoms with Gasteiger partial charge in [0.05, 0.1) is 12.6 Å². The van der Waals surface area contributed by atoms with Gasteiger partial charge in [0, 0.05) is 30.9 Å². The van der Waals surface area contributed by atoms with Gasteiger partial charge in [-0.05, 0) is 44.0 Å². The Bertz CT molecular complexity index is 928. The minimum Gasteiger partial charge on any atom is -0.491 e. The molecule has 146 valence electrons. The van der Waals surface area contributed by atoms with Crippen molar-refractivity contribution < 1.29 is 9.53 Å². The highest BCUT2D eigenvalue weighted by molar-refractivity contribution is 5.92. The third-order valence-electron chi connectivity index (χ3n) is 4.95. The zero-order valence-corrected chi connectivity index (χ0v) is 15.8. The molecule has 1 aliphatic heterocycles. The fraction of sp³-hybridized carbons (Fsp3) is 0.381. The first-order chi connectivity index (χ1) is 13.8. The van der Waals surface area contributed by atoms with E-state index in [9.17, 15) is 4.79 Å². The fourth-order valence-electron chi connectivity index (χ4n) is 3.46. The van der Waals surface area contributed by atoms with Gasteiger partial charge in [-0.15, -0.1) is 0 Å². The molecule has 1 aromatic carbocycles. The summed E-state index contributed by atoms with van der Waals surface area (Å²) in [7, 11) is 0. The number of pyridine rings is 1. The van der Waals surface area contributed by atoms with Crippen LogP contribution in [0.15, 0.2) is 48.8 Å². The summed E-state index contributed by atoms with van der Waals surface area (Å²) in [5.74, 6) is 0.624. The first kappa shape index (κ1) is 18.4. The first-order valence-corrected chi connectivity index (χ1v) is 9.82. The van der Waals surface area contributed by atoms with Crippen LogP contribution in [-0.4, -0.2) is 46.9 Å². The molecule has 0 aliphatic carbocycles. The summed E-state index contributed by atoms with van der Waals surface area (Å²) in [5, 5.41) is 11.8. The zero-order chi connectivity index (χ0) is 19.2. The van der Waals surface area contributed by atoms with Crippen LogP contribution in [0.2, 0.25) is 0 Å². The second-order valence-electron chi connectivity index (χ2n) is 6.97. The van der Waals surface area contributed by atoms with Crippen molar-refractivity contribution >= 4 is 16.8 Å². The predicted molar refractivity (Wildman–Crippen MR) is 108 cm³/mol. The van der Waals surface area contributed by atoms with Crippen LogP contribution in [0.3, 0.4) is 0 Å². The summed E-state index contributed by atoms with van der Waals surface area (Å²) >= 11 is 0. The highest BCUT2D eigenvalue weighted by atomic mass is 16.5. The molecule has 1 amide bonds. The van der Waals surface area contributed by atoms with Gasteiger partial charge in [0.1, 0.15) is 17.0 Å². The predicted octanol–water partition coefficient (Wildman–Crippen LogP) is 2.55. The lowest BCUT2D eigenvalue weighted by atomic mass is 10.1. The maximum absolute atomic E-state index is 12.3. The highest BCUT2D eigenvalue weighted by Gasteiger charge is 2.17. The Morgan fingerprint density at radius 3 is 3.11 bits per heavy atom. The first-order valence-electron chi connectivity index (χ1n) is 9.82. The Balaban J connectivity index is 1.23. The molecular formula is C21H25N5O2. The lowest BCUT2D eigenvalue weighted by molar-refractivity contribution is 0.0945. The Labute approximate surface area is 164 Å². The molecule has 4 rings (SSSR count). The van der Waals surface area contributed by atoms with Gasteiger partial charge >= 0.3 is 0 Å². The van der Waals surface area contributed by atoms with Crippen molar-refractivity contribution in [3.63, 3.8) is 0 Å². The van der Waals surface area contributed by atoms with Crippen molar-refractivity contribution in [2.24, 2.45) is 0 Å². The summed E-state index contributed by atoms with van der Waals surface area (Å²) in [5.41, 5.74) is 1.32. The molecule has 1 aliphatic rings. The second-order valence-corrected chi connectivity index (χ2v) is 6.97. The van der Waals surface area contributed by atoms with E-state index in [1.807, 2.05) is 41.2 Å². The van der Waals surface area contributed by atoms with Gasteiger partial charge in [0.2, 0.25) is 0 Å². The van der Waals surface area contributed by atoms with Crippen molar-refractivity contribution in [1.29, 1.82) is 0 Å². The number of benzene rings is 1. The number of para-hydroxylation sites is 1. The van der Waals surface area contributed by atoms with Crippen molar-refractivity contribution in [2.75, 3.05) is 26.2 Å². The number of rotatable bonds is 7. The van der Waals surface area contributed by atoms with Crippen molar-refractivity contribution in [1.82, 2.24) is 25.4 Å². The molecule has 1 fully saturated rings. The molecule has 0 bridgehead atoms. The highest BCUT2D eigenvalue weighted by Crippen LogP contribution is 2.22. The van der Waals surface area contributed by atoms with Crippen molar-refractivity contribution in [3.05, 3.63) is 54.5 Å². The third kappa shape index (κ3) is 4.31. The Morgan fingerprint density at radius 1 is 1.29 bits per heavy atom. The lowest BCUT2D eigenvalue weighted by Crippen LogP contribution is -2.32. The molecule has 7 heteroatoms. The SMILES string of the molecule is O=C(NCCCOc1cccc2cccnc12)c1ccn(C2CCCNC2)n1. The summed E-state index contributed by atoms with van der Waals surface area (Å²) in [6, 6.07) is 11.9. The van der Waals surface area contributed by atoms with Crippen LogP contribution in [0.4, 0.5) is 0 Å². The molecular weight excluding hydrogens is 354 g/mol. The summed E-state index contributed by atoms with van der Waals surface area (Å²) in [4.78, 5) is 16.7. The quantitative estimate of drug-likeness (QED) is 0.617. The minimum atomic E-state index is -0.144. The van der Waals surface area contributed by atoms with Crippen molar-refractivity contribution in [2.45, 2.75) is 25.3 Å². The van der Waals surface area contributed by atoms with Gasteiger partial charge in [-0.25, -0.2) is 0 Å². The van der Waals surface area contributed by atoms with E-state index in [1.54, 1.807) is 12.3 Å². The van der Waals surface area contributed by atoms with Crippen LogP contribution in [0.25, 0.3) is 10.9 Å². The lowest BCUT2D eigenvalue weighted by Gasteiger charge is -2.22. The summed E-state index contributed by atoms with van der Waals surface area (Å²) in [6.07, 6.45) is 6.59. The summed E-state index contributed by atoms with van der Waals surface area (Å²) < 4.78 is 7.75. The molecule has 1 atom stereocenters. The van der Waals surface area contributed by atoms with Gasteiger partial charge in [0.15, 0.2) is 0 Å². The number of piperidine rings is 1. The molecule has 0 saturated carbocycles. The van der Waals surface area contributed by atoms with Crippen LogP contribution in [-0.2, 0) is 0 Å². The molecule has 1 saturated heterocycles. The molecule has 1 unspecified atom stereocenters. The molecule has 3 heterocycles. The smallest absolute Gasteiger partial charge is 0.271 e. The van der Waals surface area contributed by atoms with Gasteiger partial charge in [0.25, 0.3) is 5.91 Å². The Hall–Kier alpha value is -2.93. The number of carbonyl (C=O) groups is 1. The average molecular weight is 379 g/mol. The molecule has 7 nitrogen and oxygen atoms in total. The molecule has 2 N–H and O–H groups in total. The number of fused-ring (bicyclic) bond motifs is 1. The number of carbonyl (C=O) groups excluding carboxylic acids is 1. The van der Waals surface area contributed by atoms with Crippen LogP contribution in [0.5, 0.6) is 5.75 Å². The van der Waals surface area contributed by atoms with E-state index in [0.29, 0.717) is 31.3 Å². The Kier molecular flexibility index (Phi) is 5.82. The number of nitrogens with zero attached hydrogens (tertiary/aromatic N) is 3. The van der Waals surface area contributed by atoms with Gasteiger partial charge in [-0.1, -0.05) is 18.2 Å². The monoisotopic (exact) mass is 379 g/mol. The third-order valence-corrected chi connectivity index (χ3v) is 4.95. The van der Waals surface area contributed by atoms with Gasteiger partial charge in [-0.2, -0.15) is 5.10 Å². The number of nitrogens with one attached hydrogen (secondary N) is 2. The number of amides is 1. The van der Waals surface area contributed by atoms with E-state index in [0.717, 1.165) is 42.6 Å². The largest absolute Gasteiger partial charge is 0.491 e. The van der Waals surface area contributed by atoms with Gasteiger partial charge < -0.3 is 15.4 Å². The molecule has 28 heavy (non-hydrogen) atoms. The van der Waals surface area contributed by atoms with Crippen LogP contribution in [0.1, 0.15) is 35.8 Å². The standard InChI is InChI=1S/C21H25N5O2/c27-21(18-9-13-26(25-18)17-7-3-10-22-15-17)24-12-4-14-28-19-8-1-5-16-6-2-11-23-20(16)19/h1-2,5-6,8-9,11,13,17,22H,3-4,7,10,12,14-15H2,(H,24,27). The summed E-state index contributed by atoms with van der Waals surface area (Å²) in [6.45, 7) is 3.01. The Morgan fingerprint density at radius 2 is 2.21 bits per heavy atom. The van der Waals surface area contributed by atoms with Crippen molar-refractivity contribution in [3.8, 4) is 5.75 Å². The van der Waals surface area contributed by atoms with E-state index < -0.39 is 0 Å². The average Bonchev–Trinajstić information content (AvgIpc) is 3.25. The molecule has 0 radical (unpaired) electrons. The maximum Gasteiger partial charge on any atom is 0.271 e. The van der Waals surface area contributed by atoms with Crippen LogP contribution >= 0.6 is 0 Å². The number of hydrogen-bond acceptors (Lipinski definition) is 5. The number of hydrogen-bond donors (Lipinski definition) is 2. The minimum absolute atomic E-state index is 0.144. The fourth-order valence-corrected chi connectivity index (χ4v) is 3.46. The maximum atomic E-state index is 12.3. The zero-order valence-electron chi connectivity index (χ0n) is 15.8. The van der Waals surface area contributed by atoms with Crippen LogP contribution < -0.4 is 15.4 Å². The molecule has 0 spiro atoms. The second kappa shape index (κ2) is 8.84. The van der Waals surface area contributed by atoms with E-state index in [-0.39, 0.29) is 5.91 Å².